The molecule has 0 unspecified atom stereocenters. The number of rotatable bonds is 6. The first-order valence-electron chi connectivity index (χ1n) is 8.31. The van der Waals surface area contributed by atoms with Crippen LogP contribution in [0.25, 0.3) is 0 Å². The zero-order chi connectivity index (χ0) is 17.1. The summed E-state index contributed by atoms with van der Waals surface area (Å²) < 4.78 is 5.65. The number of hydrogen-bond acceptors (Lipinski definition) is 4. The Morgan fingerprint density at radius 1 is 1.25 bits per heavy atom. The molecule has 2 aromatic rings. The lowest BCUT2D eigenvalue weighted by atomic mass is 10.1. The van der Waals surface area contributed by atoms with Gasteiger partial charge < -0.3 is 14.7 Å². The van der Waals surface area contributed by atoms with E-state index in [0.717, 1.165) is 6.42 Å². The van der Waals surface area contributed by atoms with Crippen LogP contribution in [0.1, 0.15) is 29.8 Å². The van der Waals surface area contributed by atoms with Crippen LogP contribution < -0.4 is 9.64 Å². The van der Waals surface area contributed by atoms with E-state index in [9.17, 15) is 9.90 Å². The Labute approximate surface area is 142 Å². The Hall–Kier alpha value is -2.33. The van der Waals surface area contributed by atoms with Crippen LogP contribution in [0.2, 0.25) is 0 Å². The number of hydrogen-bond donors (Lipinski definition) is 1. The van der Waals surface area contributed by atoms with Crippen molar-refractivity contribution in [3.8, 4) is 5.75 Å². The van der Waals surface area contributed by atoms with Crippen molar-refractivity contribution in [2.45, 2.75) is 32.4 Å². The van der Waals surface area contributed by atoms with Gasteiger partial charge >= 0.3 is 0 Å². The first-order chi connectivity index (χ1) is 11.5. The van der Waals surface area contributed by atoms with Gasteiger partial charge in [-0.15, -0.1) is 0 Å². The lowest BCUT2D eigenvalue weighted by molar-refractivity contribution is 0.101. The highest BCUT2D eigenvalue weighted by atomic mass is 16.5. The van der Waals surface area contributed by atoms with Gasteiger partial charge in [-0.1, -0.05) is 18.2 Å². The molecule has 2 aromatic carbocycles. The molecular formula is C20H23NO3. The van der Waals surface area contributed by atoms with Crippen molar-refractivity contribution in [1.82, 2.24) is 0 Å². The molecule has 24 heavy (non-hydrogen) atoms. The summed E-state index contributed by atoms with van der Waals surface area (Å²) in [4.78, 5) is 13.5. The average molecular weight is 325 g/mol. The van der Waals surface area contributed by atoms with Crippen molar-refractivity contribution in [3.63, 3.8) is 0 Å². The van der Waals surface area contributed by atoms with E-state index in [2.05, 4.69) is 30.0 Å². The molecule has 0 saturated heterocycles. The predicted octanol–water partition coefficient (Wildman–Crippen LogP) is 3.08. The summed E-state index contributed by atoms with van der Waals surface area (Å²) >= 11 is 0. The van der Waals surface area contributed by atoms with E-state index in [4.69, 9.17) is 4.74 Å². The van der Waals surface area contributed by atoms with Gasteiger partial charge in [0.05, 0.1) is 0 Å². The van der Waals surface area contributed by atoms with Crippen molar-refractivity contribution in [2.24, 2.45) is 0 Å². The van der Waals surface area contributed by atoms with Crippen molar-refractivity contribution >= 4 is 11.5 Å². The number of anilines is 1. The summed E-state index contributed by atoms with van der Waals surface area (Å²) in [5.74, 6) is 0.692. The second kappa shape index (κ2) is 7.05. The zero-order valence-electron chi connectivity index (χ0n) is 14.1. The lowest BCUT2D eigenvalue weighted by Crippen LogP contribution is -2.39. The monoisotopic (exact) mass is 325 g/mol. The van der Waals surface area contributed by atoms with Crippen molar-refractivity contribution in [1.29, 1.82) is 0 Å². The van der Waals surface area contributed by atoms with Crippen LogP contribution in [-0.4, -0.2) is 36.2 Å². The van der Waals surface area contributed by atoms with E-state index in [1.807, 2.05) is 6.07 Å². The van der Waals surface area contributed by atoms with Crippen LogP contribution in [-0.2, 0) is 6.42 Å². The molecule has 126 valence electrons. The number of fused-ring (bicyclic) bond motifs is 1. The van der Waals surface area contributed by atoms with Gasteiger partial charge in [0.25, 0.3) is 0 Å². The van der Waals surface area contributed by atoms with Gasteiger partial charge in [-0.05, 0) is 56.2 Å². The Morgan fingerprint density at radius 2 is 1.96 bits per heavy atom. The highest BCUT2D eigenvalue weighted by molar-refractivity contribution is 5.94. The lowest BCUT2D eigenvalue weighted by Gasteiger charge is -2.27. The minimum atomic E-state index is -0.578. The molecule has 0 aliphatic carbocycles. The standard InChI is InChI=1S/C20H23NO3/c1-14-11-17-5-3-4-6-20(17)21(14)12-18(23)13-24-19-9-7-16(8-10-19)15(2)22/h3-10,14,18,23H,11-13H2,1-2H3/t14-,18-/m0/s1. The van der Waals surface area contributed by atoms with Crippen molar-refractivity contribution < 1.29 is 14.6 Å². The largest absolute Gasteiger partial charge is 0.491 e. The maximum atomic E-state index is 11.3. The second-order valence-electron chi connectivity index (χ2n) is 6.38. The second-order valence-corrected chi connectivity index (χ2v) is 6.38. The summed E-state index contributed by atoms with van der Waals surface area (Å²) in [7, 11) is 0. The molecule has 0 aromatic heterocycles. The van der Waals surface area contributed by atoms with Crippen LogP contribution >= 0.6 is 0 Å². The van der Waals surface area contributed by atoms with E-state index in [1.165, 1.54) is 18.2 Å². The zero-order valence-corrected chi connectivity index (χ0v) is 14.1. The fourth-order valence-electron chi connectivity index (χ4n) is 3.17. The molecule has 2 atom stereocenters. The van der Waals surface area contributed by atoms with E-state index < -0.39 is 6.10 Å². The highest BCUT2D eigenvalue weighted by Crippen LogP contribution is 2.31. The number of carbonyl (C=O) groups is 1. The number of aliphatic hydroxyl groups excluding tert-OH is 1. The van der Waals surface area contributed by atoms with E-state index in [0.29, 0.717) is 23.9 Å². The Bertz CT molecular complexity index is 711. The molecule has 1 N–H and O–H groups in total. The van der Waals surface area contributed by atoms with Gasteiger partial charge in [0.1, 0.15) is 18.5 Å². The van der Waals surface area contributed by atoms with E-state index >= 15 is 0 Å². The topological polar surface area (TPSA) is 49.8 Å². The Balaban J connectivity index is 1.56. The molecule has 1 aliphatic rings. The quantitative estimate of drug-likeness (QED) is 0.829. The van der Waals surface area contributed by atoms with Gasteiger partial charge in [0, 0.05) is 23.8 Å². The third-order valence-corrected chi connectivity index (χ3v) is 4.46. The molecule has 3 rings (SSSR count). The van der Waals surface area contributed by atoms with E-state index in [1.54, 1.807) is 24.3 Å². The molecule has 0 bridgehead atoms. The van der Waals surface area contributed by atoms with Crippen LogP contribution in [0.15, 0.2) is 48.5 Å². The number of nitrogens with zero attached hydrogens (tertiary/aromatic N) is 1. The maximum Gasteiger partial charge on any atom is 0.159 e. The fraction of sp³-hybridized carbons (Fsp3) is 0.350. The molecule has 0 radical (unpaired) electrons. The van der Waals surface area contributed by atoms with Crippen LogP contribution in [0.3, 0.4) is 0 Å². The number of ether oxygens (including phenoxy) is 1. The van der Waals surface area contributed by atoms with Gasteiger partial charge in [0.15, 0.2) is 5.78 Å². The number of carbonyl (C=O) groups excluding carboxylic acids is 1. The van der Waals surface area contributed by atoms with Crippen LogP contribution in [0, 0.1) is 0 Å². The minimum absolute atomic E-state index is 0.0308. The number of aliphatic hydroxyl groups is 1. The van der Waals surface area contributed by atoms with Gasteiger partial charge in [0.2, 0.25) is 0 Å². The molecule has 4 heteroatoms. The summed E-state index contributed by atoms with van der Waals surface area (Å²) in [5, 5.41) is 10.3. The van der Waals surface area contributed by atoms with E-state index in [-0.39, 0.29) is 12.4 Å². The first kappa shape index (κ1) is 16.5. The van der Waals surface area contributed by atoms with Gasteiger partial charge in [-0.25, -0.2) is 0 Å². The first-order valence-corrected chi connectivity index (χ1v) is 8.31. The third kappa shape index (κ3) is 3.60. The number of ketones is 1. The molecule has 0 fully saturated rings. The SMILES string of the molecule is CC(=O)c1ccc(OC[C@@H](O)CN2c3ccccc3C[C@@H]2C)cc1. The number of β-amino-alcohol motifs (C(OH)–C–C–N with tert-alkyl or cyclic N) is 1. The predicted molar refractivity (Wildman–Crippen MR) is 94.9 cm³/mol. The summed E-state index contributed by atoms with van der Waals surface area (Å²) in [6, 6.07) is 15.7. The summed E-state index contributed by atoms with van der Waals surface area (Å²) in [6.45, 7) is 4.48. The average Bonchev–Trinajstić information content (AvgIpc) is 2.89. The van der Waals surface area contributed by atoms with Crippen molar-refractivity contribution in [2.75, 3.05) is 18.1 Å². The molecule has 1 aliphatic heterocycles. The van der Waals surface area contributed by atoms with Crippen LogP contribution in [0.5, 0.6) is 5.75 Å². The van der Waals surface area contributed by atoms with Crippen molar-refractivity contribution in [3.05, 3.63) is 59.7 Å². The number of Topliss-reactive ketones (excluding diaryl/α,β-unsaturated/α-hetero) is 1. The fourth-order valence-corrected chi connectivity index (χ4v) is 3.17. The molecular weight excluding hydrogens is 302 g/mol. The maximum absolute atomic E-state index is 11.3. The molecule has 0 saturated carbocycles. The third-order valence-electron chi connectivity index (χ3n) is 4.46. The number of para-hydroxylation sites is 1. The molecule has 0 amide bonds. The Morgan fingerprint density at radius 3 is 2.67 bits per heavy atom. The number of benzene rings is 2. The Kier molecular flexibility index (Phi) is 4.86. The summed E-state index contributed by atoms with van der Waals surface area (Å²) in [5.41, 5.74) is 3.19. The van der Waals surface area contributed by atoms with Crippen LogP contribution in [0.4, 0.5) is 5.69 Å². The van der Waals surface area contributed by atoms with Gasteiger partial charge in [-0.3, -0.25) is 4.79 Å². The smallest absolute Gasteiger partial charge is 0.159 e. The van der Waals surface area contributed by atoms with Gasteiger partial charge in [-0.2, -0.15) is 0 Å². The molecule has 4 nitrogen and oxygen atoms in total. The molecule has 0 spiro atoms. The highest BCUT2D eigenvalue weighted by Gasteiger charge is 2.27. The molecule has 1 heterocycles. The summed E-state index contributed by atoms with van der Waals surface area (Å²) in [6.07, 6.45) is 0.432. The normalized spacial score (nSPS) is 17.5. The minimum Gasteiger partial charge on any atom is -0.491 e.